The Hall–Kier alpha value is -2.13. The van der Waals surface area contributed by atoms with Gasteiger partial charge in [-0.2, -0.15) is 0 Å². The SMILES string of the molecule is Clc1cccc(NCc2ccc3ncccc3c2)n1. The molecule has 4 heteroatoms. The van der Waals surface area contributed by atoms with E-state index in [0.29, 0.717) is 11.7 Å². The summed E-state index contributed by atoms with van der Waals surface area (Å²) in [6, 6.07) is 15.7. The molecule has 94 valence electrons. The van der Waals surface area contributed by atoms with Crippen LogP contribution in [-0.2, 0) is 6.54 Å². The molecule has 0 spiro atoms. The minimum absolute atomic E-state index is 0.493. The molecule has 0 saturated heterocycles. The van der Waals surface area contributed by atoms with E-state index >= 15 is 0 Å². The average molecular weight is 270 g/mol. The lowest BCUT2D eigenvalue weighted by atomic mass is 10.1. The fourth-order valence-electron chi connectivity index (χ4n) is 1.93. The van der Waals surface area contributed by atoms with Gasteiger partial charge in [-0.3, -0.25) is 4.98 Å². The first-order valence-corrected chi connectivity index (χ1v) is 6.39. The second-order valence-corrected chi connectivity index (χ2v) is 4.62. The van der Waals surface area contributed by atoms with Crippen molar-refractivity contribution >= 4 is 28.3 Å². The van der Waals surface area contributed by atoms with Crippen LogP contribution >= 0.6 is 11.6 Å². The molecule has 0 unspecified atom stereocenters. The topological polar surface area (TPSA) is 37.8 Å². The molecule has 0 aliphatic rings. The van der Waals surface area contributed by atoms with Gasteiger partial charge >= 0.3 is 0 Å². The zero-order chi connectivity index (χ0) is 13.1. The van der Waals surface area contributed by atoms with Crippen LogP contribution in [0.15, 0.2) is 54.7 Å². The lowest BCUT2D eigenvalue weighted by Crippen LogP contribution is -2.01. The maximum Gasteiger partial charge on any atom is 0.131 e. The predicted octanol–water partition coefficient (Wildman–Crippen LogP) is 3.90. The fraction of sp³-hybridized carbons (Fsp3) is 0.0667. The first-order chi connectivity index (χ1) is 9.31. The molecule has 0 aliphatic heterocycles. The summed E-state index contributed by atoms with van der Waals surface area (Å²) in [5, 5.41) is 4.88. The number of halogens is 1. The summed E-state index contributed by atoms with van der Waals surface area (Å²) in [5.74, 6) is 0.777. The van der Waals surface area contributed by atoms with Gasteiger partial charge < -0.3 is 5.32 Å². The number of rotatable bonds is 3. The highest BCUT2D eigenvalue weighted by Crippen LogP contribution is 2.15. The van der Waals surface area contributed by atoms with Crippen molar-refractivity contribution in [3.05, 3.63) is 65.4 Å². The maximum atomic E-state index is 5.85. The number of aromatic nitrogens is 2. The Bertz CT molecular complexity index is 712. The van der Waals surface area contributed by atoms with Gasteiger partial charge in [-0.15, -0.1) is 0 Å². The second kappa shape index (κ2) is 5.24. The zero-order valence-corrected chi connectivity index (χ0v) is 10.9. The smallest absolute Gasteiger partial charge is 0.131 e. The standard InChI is InChI=1S/C15H12ClN3/c16-14-4-1-5-15(19-14)18-10-11-6-7-13-12(9-11)3-2-8-17-13/h1-9H,10H2,(H,18,19). The van der Waals surface area contributed by atoms with E-state index in [-0.39, 0.29) is 0 Å². The Morgan fingerprint density at radius 1 is 1.05 bits per heavy atom. The first kappa shape index (κ1) is 11.9. The van der Waals surface area contributed by atoms with Crippen molar-refractivity contribution in [1.29, 1.82) is 0 Å². The molecule has 0 fully saturated rings. The van der Waals surface area contributed by atoms with Crippen molar-refractivity contribution < 1.29 is 0 Å². The molecule has 0 bridgehead atoms. The number of hydrogen-bond acceptors (Lipinski definition) is 3. The van der Waals surface area contributed by atoms with Gasteiger partial charge in [-0.1, -0.05) is 29.8 Å². The highest BCUT2D eigenvalue weighted by atomic mass is 35.5. The predicted molar refractivity (Wildman–Crippen MR) is 78.3 cm³/mol. The number of fused-ring (bicyclic) bond motifs is 1. The Balaban J connectivity index is 1.78. The zero-order valence-electron chi connectivity index (χ0n) is 10.2. The van der Waals surface area contributed by atoms with Gasteiger partial charge in [0.25, 0.3) is 0 Å². The number of benzene rings is 1. The second-order valence-electron chi connectivity index (χ2n) is 4.23. The monoisotopic (exact) mass is 269 g/mol. The lowest BCUT2D eigenvalue weighted by Gasteiger charge is -2.06. The molecule has 2 aromatic heterocycles. The molecule has 0 saturated carbocycles. The summed E-state index contributed by atoms with van der Waals surface area (Å²) < 4.78 is 0. The highest BCUT2D eigenvalue weighted by molar-refractivity contribution is 6.29. The third kappa shape index (κ3) is 2.83. The van der Waals surface area contributed by atoms with Crippen LogP contribution in [0.25, 0.3) is 10.9 Å². The highest BCUT2D eigenvalue weighted by Gasteiger charge is 1.99. The Morgan fingerprint density at radius 3 is 2.89 bits per heavy atom. The lowest BCUT2D eigenvalue weighted by molar-refractivity contribution is 1.11. The number of hydrogen-bond donors (Lipinski definition) is 1. The van der Waals surface area contributed by atoms with Crippen LogP contribution in [0.2, 0.25) is 5.15 Å². The Labute approximate surface area is 116 Å². The Kier molecular flexibility index (Phi) is 3.29. The van der Waals surface area contributed by atoms with E-state index < -0.39 is 0 Å². The van der Waals surface area contributed by atoms with Gasteiger partial charge in [0.15, 0.2) is 0 Å². The summed E-state index contributed by atoms with van der Waals surface area (Å²) in [6.45, 7) is 0.707. The summed E-state index contributed by atoms with van der Waals surface area (Å²) in [7, 11) is 0. The van der Waals surface area contributed by atoms with E-state index in [0.717, 1.165) is 16.7 Å². The van der Waals surface area contributed by atoms with Gasteiger partial charge in [0, 0.05) is 18.1 Å². The van der Waals surface area contributed by atoms with Crippen molar-refractivity contribution in [2.24, 2.45) is 0 Å². The number of anilines is 1. The number of pyridine rings is 2. The molecule has 0 aliphatic carbocycles. The van der Waals surface area contributed by atoms with E-state index in [1.54, 1.807) is 12.3 Å². The molecule has 0 radical (unpaired) electrons. The normalized spacial score (nSPS) is 10.6. The third-order valence-corrected chi connectivity index (χ3v) is 3.07. The number of nitrogens with one attached hydrogen (secondary N) is 1. The van der Waals surface area contributed by atoms with E-state index in [1.165, 1.54) is 5.56 Å². The van der Waals surface area contributed by atoms with Crippen LogP contribution in [-0.4, -0.2) is 9.97 Å². The van der Waals surface area contributed by atoms with Crippen LogP contribution in [0.5, 0.6) is 0 Å². The minimum Gasteiger partial charge on any atom is -0.366 e. The van der Waals surface area contributed by atoms with E-state index in [1.807, 2.05) is 24.3 Å². The van der Waals surface area contributed by atoms with Crippen molar-refractivity contribution in [2.75, 3.05) is 5.32 Å². The van der Waals surface area contributed by atoms with Crippen LogP contribution in [0.4, 0.5) is 5.82 Å². The van der Waals surface area contributed by atoms with E-state index in [4.69, 9.17) is 11.6 Å². The van der Waals surface area contributed by atoms with Crippen molar-refractivity contribution in [2.45, 2.75) is 6.54 Å². The molecule has 1 N–H and O–H groups in total. The number of nitrogens with zero attached hydrogens (tertiary/aromatic N) is 2. The van der Waals surface area contributed by atoms with E-state index in [2.05, 4.69) is 33.5 Å². The minimum atomic E-state index is 0.493. The summed E-state index contributed by atoms with van der Waals surface area (Å²) in [5.41, 5.74) is 2.19. The average Bonchev–Trinajstić information content (AvgIpc) is 2.45. The third-order valence-electron chi connectivity index (χ3n) is 2.86. The molecular formula is C15H12ClN3. The van der Waals surface area contributed by atoms with Crippen LogP contribution < -0.4 is 5.32 Å². The molecule has 19 heavy (non-hydrogen) atoms. The van der Waals surface area contributed by atoms with Crippen molar-refractivity contribution in [3.63, 3.8) is 0 Å². The molecule has 3 rings (SSSR count). The molecule has 3 aromatic rings. The van der Waals surface area contributed by atoms with Crippen LogP contribution in [0, 0.1) is 0 Å². The molecule has 3 nitrogen and oxygen atoms in total. The summed E-state index contributed by atoms with van der Waals surface area (Å²) in [4.78, 5) is 8.49. The molecule has 1 aromatic carbocycles. The molecular weight excluding hydrogens is 258 g/mol. The Morgan fingerprint density at radius 2 is 2.00 bits per heavy atom. The molecule has 0 atom stereocenters. The van der Waals surface area contributed by atoms with Crippen molar-refractivity contribution in [1.82, 2.24) is 9.97 Å². The fourth-order valence-corrected chi connectivity index (χ4v) is 2.10. The van der Waals surface area contributed by atoms with E-state index in [9.17, 15) is 0 Å². The van der Waals surface area contributed by atoms with Gasteiger partial charge in [-0.05, 0) is 35.9 Å². The van der Waals surface area contributed by atoms with Crippen molar-refractivity contribution in [3.8, 4) is 0 Å². The van der Waals surface area contributed by atoms with Gasteiger partial charge in [-0.25, -0.2) is 4.98 Å². The maximum absolute atomic E-state index is 5.85. The van der Waals surface area contributed by atoms with Gasteiger partial charge in [0.05, 0.1) is 5.52 Å². The van der Waals surface area contributed by atoms with Crippen LogP contribution in [0.3, 0.4) is 0 Å². The largest absolute Gasteiger partial charge is 0.366 e. The molecule has 0 amide bonds. The summed E-state index contributed by atoms with van der Waals surface area (Å²) >= 11 is 5.85. The molecule has 2 heterocycles. The first-order valence-electron chi connectivity index (χ1n) is 6.01. The van der Waals surface area contributed by atoms with Gasteiger partial charge in [0.1, 0.15) is 11.0 Å². The van der Waals surface area contributed by atoms with Crippen LogP contribution in [0.1, 0.15) is 5.56 Å². The summed E-state index contributed by atoms with van der Waals surface area (Å²) in [6.07, 6.45) is 1.80. The van der Waals surface area contributed by atoms with Gasteiger partial charge in [0.2, 0.25) is 0 Å². The quantitative estimate of drug-likeness (QED) is 0.733.